The summed E-state index contributed by atoms with van der Waals surface area (Å²) in [5.74, 6) is 0.580. The van der Waals surface area contributed by atoms with Crippen LogP contribution >= 0.6 is 0 Å². The van der Waals surface area contributed by atoms with Crippen molar-refractivity contribution in [3.8, 4) is 0 Å². The number of hydrogen-bond acceptors (Lipinski definition) is 5. The summed E-state index contributed by atoms with van der Waals surface area (Å²) in [6.07, 6.45) is 1.65. The highest BCUT2D eigenvalue weighted by Gasteiger charge is 2.13. The molecule has 1 aromatic heterocycles. The molecule has 0 saturated heterocycles. The van der Waals surface area contributed by atoms with Gasteiger partial charge in [-0.25, -0.2) is 4.98 Å². The zero-order valence-corrected chi connectivity index (χ0v) is 11.0. The molecule has 1 amide bonds. The molecular formula is C12H20N4O2. The summed E-state index contributed by atoms with van der Waals surface area (Å²) in [6, 6.07) is 3.59. The normalized spacial score (nSPS) is 12.0. The number of rotatable bonds is 6. The molecule has 1 atom stereocenters. The van der Waals surface area contributed by atoms with Crippen LogP contribution < -0.4 is 16.0 Å². The third-order valence-corrected chi connectivity index (χ3v) is 2.49. The fourth-order valence-electron chi connectivity index (χ4n) is 1.52. The lowest BCUT2D eigenvalue weighted by Gasteiger charge is -2.17. The quantitative estimate of drug-likeness (QED) is 0.768. The molecular weight excluding hydrogens is 232 g/mol. The SMILES string of the molecule is COC(CN)CC(=O)Nc1cccnc1N(C)C. The minimum Gasteiger partial charge on any atom is -0.380 e. The Morgan fingerprint density at radius 3 is 2.89 bits per heavy atom. The standard InChI is InChI=1S/C12H20N4O2/c1-16(2)12-10(5-4-6-14-12)15-11(17)7-9(8-13)18-3/h4-6,9H,7-8,13H2,1-3H3,(H,15,17). The monoisotopic (exact) mass is 252 g/mol. The van der Waals surface area contributed by atoms with E-state index in [4.69, 9.17) is 10.5 Å². The minimum atomic E-state index is -0.260. The van der Waals surface area contributed by atoms with Gasteiger partial charge in [-0.3, -0.25) is 4.79 Å². The smallest absolute Gasteiger partial charge is 0.227 e. The zero-order chi connectivity index (χ0) is 13.5. The zero-order valence-electron chi connectivity index (χ0n) is 11.0. The Kier molecular flexibility index (Phi) is 5.54. The van der Waals surface area contributed by atoms with E-state index in [0.717, 1.165) is 0 Å². The molecule has 0 aliphatic carbocycles. The third-order valence-electron chi connectivity index (χ3n) is 2.49. The average Bonchev–Trinajstić information content (AvgIpc) is 2.36. The van der Waals surface area contributed by atoms with Crippen molar-refractivity contribution >= 4 is 17.4 Å². The number of ether oxygens (including phenoxy) is 1. The number of carbonyl (C=O) groups is 1. The number of nitrogens with zero attached hydrogens (tertiary/aromatic N) is 2. The topological polar surface area (TPSA) is 80.5 Å². The molecule has 1 unspecified atom stereocenters. The first-order valence-electron chi connectivity index (χ1n) is 5.73. The highest BCUT2D eigenvalue weighted by molar-refractivity contribution is 5.93. The predicted molar refractivity (Wildman–Crippen MR) is 71.7 cm³/mol. The second-order valence-corrected chi connectivity index (χ2v) is 4.11. The first-order chi connectivity index (χ1) is 8.58. The Balaban J connectivity index is 2.70. The molecule has 0 bridgehead atoms. The van der Waals surface area contributed by atoms with E-state index in [9.17, 15) is 4.79 Å². The van der Waals surface area contributed by atoms with E-state index in [1.165, 1.54) is 0 Å². The molecule has 1 rings (SSSR count). The highest BCUT2D eigenvalue weighted by Crippen LogP contribution is 2.20. The lowest BCUT2D eigenvalue weighted by molar-refractivity contribution is -0.118. The van der Waals surface area contributed by atoms with E-state index in [1.54, 1.807) is 19.4 Å². The molecule has 1 aromatic rings. The summed E-state index contributed by atoms with van der Waals surface area (Å²) in [5, 5.41) is 2.81. The van der Waals surface area contributed by atoms with E-state index in [1.807, 2.05) is 25.1 Å². The van der Waals surface area contributed by atoms with Gasteiger partial charge in [-0.2, -0.15) is 0 Å². The van der Waals surface area contributed by atoms with E-state index in [2.05, 4.69) is 10.3 Å². The summed E-state index contributed by atoms with van der Waals surface area (Å²) >= 11 is 0. The molecule has 3 N–H and O–H groups in total. The fraction of sp³-hybridized carbons (Fsp3) is 0.500. The number of nitrogens with two attached hydrogens (primary N) is 1. The maximum Gasteiger partial charge on any atom is 0.227 e. The van der Waals surface area contributed by atoms with Crippen molar-refractivity contribution in [1.29, 1.82) is 0 Å². The van der Waals surface area contributed by atoms with Crippen molar-refractivity contribution in [3.05, 3.63) is 18.3 Å². The van der Waals surface area contributed by atoms with Gasteiger partial charge in [0, 0.05) is 33.9 Å². The van der Waals surface area contributed by atoms with Gasteiger partial charge in [-0.05, 0) is 12.1 Å². The number of amides is 1. The average molecular weight is 252 g/mol. The molecule has 0 fully saturated rings. The number of anilines is 2. The maximum absolute atomic E-state index is 11.8. The Hall–Kier alpha value is -1.66. The lowest BCUT2D eigenvalue weighted by atomic mass is 10.2. The molecule has 6 heteroatoms. The first-order valence-corrected chi connectivity index (χ1v) is 5.73. The van der Waals surface area contributed by atoms with E-state index in [0.29, 0.717) is 18.1 Å². The molecule has 18 heavy (non-hydrogen) atoms. The molecule has 0 aliphatic heterocycles. The highest BCUT2D eigenvalue weighted by atomic mass is 16.5. The Morgan fingerprint density at radius 1 is 1.61 bits per heavy atom. The largest absolute Gasteiger partial charge is 0.380 e. The molecule has 0 aromatic carbocycles. The van der Waals surface area contributed by atoms with Gasteiger partial charge in [0.05, 0.1) is 18.2 Å². The van der Waals surface area contributed by atoms with Crippen LogP contribution in [0.4, 0.5) is 11.5 Å². The van der Waals surface area contributed by atoms with Gasteiger partial charge < -0.3 is 20.7 Å². The third kappa shape index (κ3) is 3.97. The minimum absolute atomic E-state index is 0.136. The van der Waals surface area contributed by atoms with Crippen LogP contribution in [0.15, 0.2) is 18.3 Å². The summed E-state index contributed by atoms with van der Waals surface area (Å²) in [4.78, 5) is 17.9. The molecule has 0 saturated carbocycles. The van der Waals surface area contributed by atoms with Gasteiger partial charge in [-0.1, -0.05) is 0 Å². The van der Waals surface area contributed by atoms with Gasteiger partial charge >= 0.3 is 0 Å². The molecule has 0 aliphatic rings. The second-order valence-electron chi connectivity index (χ2n) is 4.11. The number of carbonyl (C=O) groups excluding carboxylic acids is 1. The van der Waals surface area contributed by atoms with Gasteiger partial charge in [-0.15, -0.1) is 0 Å². The predicted octanol–water partition coefficient (Wildman–Crippen LogP) is 0.450. The van der Waals surface area contributed by atoms with E-state index >= 15 is 0 Å². The van der Waals surface area contributed by atoms with Crippen molar-refractivity contribution in [3.63, 3.8) is 0 Å². The molecule has 6 nitrogen and oxygen atoms in total. The van der Waals surface area contributed by atoms with Crippen LogP contribution in [-0.2, 0) is 9.53 Å². The van der Waals surface area contributed by atoms with Crippen LogP contribution in [0.1, 0.15) is 6.42 Å². The van der Waals surface area contributed by atoms with Gasteiger partial charge in [0.1, 0.15) is 0 Å². The number of aromatic nitrogens is 1. The van der Waals surface area contributed by atoms with Crippen molar-refractivity contribution in [2.24, 2.45) is 5.73 Å². The number of pyridine rings is 1. The summed E-state index contributed by atoms with van der Waals surface area (Å²) < 4.78 is 5.07. The fourth-order valence-corrected chi connectivity index (χ4v) is 1.52. The van der Waals surface area contributed by atoms with Gasteiger partial charge in [0.25, 0.3) is 0 Å². The van der Waals surface area contributed by atoms with Crippen LogP contribution in [0.2, 0.25) is 0 Å². The van der Waals surface area contributed by atoms with E-state index in [-0.39, 0.29) is 18.4 Å². The van der Waals surface area contributed by atoms with Gasteiger partial charge in [0.15, 0.2) is 5.82 Å². The van der Waals surface area contributed by atoms with Crippen LogP contribution in [-0.4, -0.2) is 44.7 Å². The lowest BCUT2D eigenvalue weighted by Crippen LogP contribution is -2.28. The number of methoxy groups -OCH3 is 1. The van der Waals surface area contributed by atoms with Gasteiger partial charge in [0.2, 0.25) is 5.91 Å². The summed E-state index contributed by atoms with van der Waals surface area (Å²) in [6.45, 7) is 0.317. The van der Waals surface area contributed by atoms with Crippen LogP contribution in [0, 0.1) is 0 Å². The van der Waals surface area contributed by atoms with Crippen molar-refractivity contribution in [2.45, 2.75) is 12.5 Å². The Labute approximate surface area is 107 Å². The molecule has 0 spiro atoms. The van der Waals surface area contributed by atoms with Crippen LogP contribution in [0.25, 0.3) is 0 Å². The van der Waals surface area contributed by atoms with Crippen LogP contribution in [0.5, 0.6) is 0 Å². The van der Waals surface area contributed by atoms with E-state index < -0.39 is 0 Å². The van der Waals surface area contributed by atoms with Crippen molar-refractivity contribution < 1.29 is 9.53 Å². The molecule has 100 valence electrons. The molecule has 1 heterocycles. The Bertz CT molecular complexity index is 391. The second kappa shape index (κ2) is 6.93. The van der Waals surface area contributed by atoms with Crippen molar-refractivity contribution in [2.75, 3.05) is 38.0 Å². The molecule has 0 radical (unpaired) electrons. The number of nitrogens with one attached hydrogen (secondary N) is 1. The maximum atomic E-state index is 11.8. The van der Waals surface area contributed by atoms with Crippen molar-refractivity contribution in [1.82, 2.24) is 4.98 Å². The Morgan fingerprint density at radius 2 is 2.33 bits per heavy atom. The number of hydrogen-bond donors (Lipinski definition) is 2. The summed E-state index contributed by atoms with van der Waals surface area (Å²) in [7, 11) is 5.28. The van der Waals surface area contributed by atoms with Crippen LogP contribution in [0.3, 0.4) is 0 Å². The summed E-state index contributed by atoms with van der Waals surface area (Å²) in [5.41, 5.74) is 6.16. The first kappa shape index (κ1) is 14.4.